The Kier molecular flexibility index (Phi) is 3.16. The zero-order valence-electron chi connectivity index (χ0n) is 12.1. The number of aromatic nitrogens is 1. The highest BCUT2D eigenvalue weighted by Gasteiger charge is 2.35. The molecule has 0 spiro atoms. The lowest BCUT2D eigenvalue weighted by Gasteiger charge is -2.23. The molecule has 0 saturated carbocycles. The smallest absolute Gasteiger partial charge is 0.269 e. The SMILES string of the molecule is c1ccc(NC2[C-](c3ccccc3)Nc3cccc[n+]32)cc1. The zero-order valence-corrected chi connectivity index (χ0v) is 12.1. The molecule has 1 unspecified atom stereocenters. The summed E-state index contributed by atoms with van der Waals surface area (Å²) >= 11 is 0. The lowest BCUT2D eigenvalue weighted by atomic mass is 10.0. The van der Waals surface area contributed by atoms with Crippen LogP contribution in [-0.2, 0) is 0 Å². The van der Waals surface area contributed by atoms with E-state index in [4.69, 9.17) is 0 Å². The minimum absolute atomic E-state index is 0.0565. The van der Waals surface area contributed by atoms with Gasteiger partial charge in [-0.3, -0.25) is 5.32 Å². The predicted molar refractivity (Wildman–Crippen MR) is 88.1 cm³/mol. The van der Waals surface area contributed by atoms with Gasteiger partial charge in [0.25, 0.3) is 5.82 Å². The summed E-state index contributed by atoms with van der Waals surface area (Å²) in [6.45, 7) is 0. The summed E-state index contributed by atoms with van der Waals surface area (Å²) in [7, 11) is 0. The molecule has 2 heterocycles. The van der Waals surface area contributed by atoms with Gasteiger partial charge >= 0.3 is 0 Å². The fourth-order valence-electron chi connectivity index (χ4n) is 2.81. The number of benzene rings is 2. The number of anilines is 2. The van der Waals surface area contributed by atoms with Crippen LogP contribution in [0.15, 0.2) is 85.1 Å². The Hall–Kier alpha value is -2.94. The monoisotopic (exact) mass is 287 g/mol. The van der Waals surface area contributed by atoms with Gasteiger partial charge in [-0.2, -0.15) is 12.1 Å². The summed E-state index contributed by atoms with van der Waals surface area (Å²) in [5.74, 6) is 1.09. The number of fused-ring (bicyclic) bond motifs is 1. The first-order valence-corrected chi connectivity index (χ1v) is 7.43. The maximum Gasteiger partial charge on any atom is 0.269 e. The molecule has 1 atom stereocenters. The quantitative estimate of drug-likeness (QED) is 0.569. The fraction of sp³-hybridized carbons (Fsp3) is 0.0526. The lowest BCUT2D eigenvalue weighted by Crippen LogP contribution is -2.42. The van der Waals surface area contributed by atoms with Gasteiger partial charge in [-0.25, -0.2) is 4.57 Å². The number of nitrogens with one attached hydrogen (secondary N) is 2. The molecule has 1 aliphatic heterocycles. The molecule has 1 aliphatic rings. The Labute approximate surface area is 130 Å². The zero-order chi connectivity index (χ0) is 14.8. The minimum Gasteiger partial charge on any atom is -0.350 e. The Morgan fingerprint density at radius 2 is 1.50 bits per heavy atom. The molecule has 3 heteroatoms. The summed E-state index contributed by atoms with van der Waals surface area (Å²) in [6, 6.07) is 28.1. The van der Waals surface area contributed by atoms with Crippen LogP contribution in [0.5, 0.6) is 0 Å². The van der Waals surface area contributed by atoms with Crippen molar-refractivity contribution in [1.29, 1.82) is 0 Å². The number of hydrogen-bond acceptors (Lipinski definition) is 2. The van der Waals surface area contributed by atoms with E-state index in [0.717, 1.165) is 17.5 Å². The van der Waals surface area contributed by atoms with Crippen LogP contribution in [0, 0.1) is 6.04 Å². The Balaban J connectivity index is 1.73. The van der Waals surface area contributed by atoms with Crippen molar-refractivity contribution in [3.05, 3.63) is 96.7 Å². The van der Waals surface area contributed by atoms with Crippen molar-refractivity contribution >= 4 is 11.5 Å². The largest absolute Gasteiger partial charge is 0.350 e. The van der Waals surface area contributed by atoms with E-state index in [1.165, 1.54) is 5.56 Å². The lowest BCUT2D eigenvalue weighted by molar-refractivity contribution is -0.689. The van der Waals surface area contributed by atoms with Gasteiger partial charge in [0.15, 0.2) is 6.17 Å². The van der Waals surface area contributed by atoms with Gasteiger partial charge in [-0.05, 0) is 18.2 Å². The highest BCUT2D eigenvalue weighted by molar-refractivity contribution is 5.52. The molecular weight excluding hydrogens is 270 g/mol. The Morgan fingerprint density at radius 3 is 2.27 bits per heavy atom. The summed E-state index contributed by atoms with van der Waals surface area (Å²) in [5, 5.41) is 7.15. The third kappa shape index (κ3) is 2.27. The van der Waals surface area contributed by atoms with Crippen LogP contribution in [0.2, 0.25) is 0 Å². The second kappa shape index (κ2) is 5.45. The molecular formula is C19H17N3. The highest BCUT2D eigenvalue weighted by atomic mass is 15.3. The van der Waals surface area contributed by atoms with Crippen LogP contribution < -0.4 is 15.2 Å². The summed E-state index contributed by atoms with van der Waals surface area (Å²) in [6.07, 6.45) is 2.15. The van der Waals surface area contributed by atoms with E-state index in [9.17, 15) is 0 Å². The summed E-state index contributed by atoms with van der Waals surface area (Å²) < 4.78 is 2.22. The number of para-hydroxylation sites is 1. The van der Waals surface area contributed by atoms with Crippen molar-refractivity contribution in [1.82, 2.24) is 0 Å². The molecule has 2 aromatic carbocycles. The number of rotatable bonds is 3. The molecule has 4 rings (SSSR count). The van der Waals surface area contributed by atoms with Gasteiger partial charge in [0.05, 0.1) is 12.2 Å². The second-order valence-corrected chi connectivity index (χ2v) is 5.31. The van der Waals surface area contributed by atoms with Crippen LogP contribution in [0.25, 0.3) is 0 Å². The minimum atomic E-state index is 0.0565. The van der Waals surface area contributed by atoms with E-state index in [2.05, 4.69) is 69.9 Å². The molecule has 0 radical (unpaired) electrons. The molecule has 1 aromatic heterocycles. The van der Waals surface area contributed by atoms with Gasteiger partial charge in [-0.15, -0.1) is 17.7 Å². The van der Waals surface area contributed by atoms with E-state index in [0.29, 0.717) is 0 Å². The molecule has 3 aromatic rings. The van der Waals surface area contributed by atoms with Gasteiger partial charge in [0.2, 0.25) is 0 Å². The maximum absolute atomic E-state index is 3.61. The van der Waals surface area contributed by atoms with Crippen molar-refractivity contribution in [3.63, 3.8) is 0 Å². The van der Waals surface area contributed by atoms with Crippen molar-refractivity contribution in [2.75, 3.05) is 10.6 Å². The first kappa shape index (κ1) is 12.8. The number of hydrogen-bond donors (Lipinski definition) is 2. The maximum atomic E-state index is 3.61. The average molecular weight is 287 g/mol. The standard InChI is InChI=1S/C19H16N3/c1-3-9-15(10-4-1)18-19(20-16-11-5-2-6-12-16)22-14-8-7-13-17(22)21-18/h1-14,19-20H/q-1/p+1. The van der Waals surface area contributed by atoms with Crippen molar-refractivity contribution < 1.29 is 4.57 Å². The molecule has 3 nitrogen and oxygen atoms in total. The highest BCUT2D eigenvalue weighted by Crippen LogP contribution is 2.31. The molecule has 0 saturated heterocycles. The van der Waals surface area contributed by atoms with E-state index in [-0.39, 0.29) is 6.17 Å². The normalized spacial score (nSPS) is 16.0. The topological polar surface area (TPSA) is 27.9 Å². The van der Waals surface area contributed by atoms with Crippen molar-refractivity contribution in [2.24, 2.45) is 0 Å². The van der Waals surface area contributed by atoms with Gasteiger partial charge in [0, 0.05) is 11.8 Å². The van der Waals surface area contributed by atoms with Crippen LogP contribution in [0.4, 0.5) is 11.5 Å². The van der Waals surface area contributed by atoms with Crippen LogP contribution >= 0.6 is 0 Å². The molecule has 108 valence electrons. The van der Waals surface area contributed by atoms with Crippen molar-refractivity contribution in [2.45, 2.75) is 6.17 Å². The van der Waals surface area contributed by atoms with Gasteiger partial charge in [0.1, 0.15) is 0 Å². The number of nitrogens with zero attached hydrogens (tertiary/aromatic N) is 1. The summed E-state index contributed by atoms with van der Waals surface area (Å²) in [5.41, 5.74) is 2.30. The van der Waals surface area contributed by atoms with E-state index >= 15 is 0 Å². The van der Waals surface area contributed by atoms with E-state index < -0.39 is 0 Å². The second-order valence-electron chi connectivity index (χ2n) is 5.31. The third-order valence-electron chi connectivity index (χ3n) is 3.87. The number of pyridine rings is 1. The Bertz CT molecular complexity index is 756. The predicted octanol–water partition coefficient (Wildman–Crippen LogP) is 3.59. The van der Waals surface area contributed by atoms with Crippen LogP contribution in [0.1, 0.15) is 11.7 Å². The van der Waals surface area contributed by atoms with Crippen LogP contribution in [-0.4, -0.2) is 0 Å². The molecule has 0 fully saturated rings. The third-order valence-corrected chi connectivity index (χ3v) is 3.87. The van der Waals surface area contributed by atoms with E-state index in [1.54, 1.807) is 0 Å². The molecule has 22 heavy (non-hydrogen) atoms. The van der Waals surface area contributed by atoms with Crippen LogP contribution in [0.3, 0.4) is 0 Å². The first-order chi connectivity index (χ1) is 10.9. The Morgan fingerprint density at radius 1 is 0.818 bits per heavy atom. The molecule has 0 bridgehead atoms. The van der Waals surface area contributed by atoms with Crippen molar-refractivity contribution in [3.8, 4) is 0 Å². The summed E-state index contributed by atoms with van der Waals surface area (Å²) in [4.78, 5) is 0. The molecule has 2 N–H and O–H groups in total. The molecule has 0 amide bonds. The fourth-order valence-corrected chi connectivity index (χ4v) is 2.81. The first-order valence-electron chi connectivity index (χ1n) is 7.43. The molecule has 0 aliphatic carbocycles. The van der Waals surface area contributed by atoms with Gasteiger partial charge < -0.3 is 5.32 Å². The average Bonchev–Trinajstić information content (AvgIpc) is 2.95. The van der Waals surface area contributed by atoms with E-state index in [1.807, 2.05) is 30.3 Å². The van der Waals surface area contributed by atoms with Gasteiger partial charge in [-0.1, -0.05) is 30.3 Å².